The summed E-state index contributed by atoms with van der Waals surface area (Å²) in [5.74, 6) is 1.15. The molecule has 1 aromatic heterocycles. The van der Waals surface area contributed by atoms with Crippen molar-refractivity contribution in [3.63, 3.8) is 0 Å². The van der Waals surface area contributed by atoms with Gasteiger partial charge in [-0.2, -0.15) is 0 Å². The number of benzene rings is 2. The second-order valence-corrected chi connectivity index (χ2v) is 10.7. The van der Waals surface area contributed by atoms with Gasteiger partial charge >= 0.3 is 5.97 Å². The quantitative estimate of drug-likeness (QED) is 0.310. The molecule has 0 unspecified atom stereocenters. The minimum atomic E-state index is -0.711. The molecular formula is C30H33ClN2O6S. The van der Waals surface area contributed by atoms with Crippen LogP contribution in [0.1, 0.15) is 58.7 Å². The van der Waals surface area contributed by atoms with Gasteiger partial charge in [0.05, 0.1) is 52.8 Å². The van der Waals surface area contributed by atoms with Crippen molar-refractivity contribution in [3.05, 3.63) is 83.5 Å². The molecule has 0 saturated heterocycles. The van der Waals surface area contributed by atoms with E-state index in [0.29, 0.717) is 61.7 Å². The highest BCUT2D eigenvalue weighted by atomic mass is 35.5. The summed E-state index contributed by atoms with van der Waals surface area (Å²) in [5, 5.41) is 0.381. The Morgan fingerprint density at radius 1 is 1.10 bits per heavy atom. The van der Waals surface area contributed by atoms with Crippen molar-refractivity contribution in [3.8, 4) is 17.2 Å². The Hall–Kier alpha value is -3.56. The van der Waals surface area contributed by atoms with Crippen LogP contribution in [0.25, 0.3) is 6.08 Å². The van der Waals surface area contributed by atoms with E-state index in [9.17, 15) is 9.59 Å². The molecule has 40 heavy (non-hydrogen) atoms. The molecule has 0 fully saturated rings. The van der Waals surface area contributed by atoms with Gasteiger partial charge in [-0.15, -0.1) is 0 Å². The van der Waals surface area contributed by atoms with Gasteiger partial charge in [0.2, 0.25) is 0 Å². The molecule has 1 aliphatic rings. The summed E-state index contributed by atoms with van der Waals surface area (Å²) in [6.07, 6.45) is 1.65. The Morgan fingerprint density at radius 3 is 2.42 bits per heavy atom. The zero-order valence-corrected chi connectivity index (χ0v) is 25.0. The highest BCUT2D eigenvalue weighted by Gasteiger charge is 2.33. The number of hydrogen-bond donors (Lipinski definition) is 0. The lowest BCUT2D eigenvalue weighted by Gasteiger charge is -2.24. The predicted molar refractivity (Wildman–Crippen MR) is 156 cm³/mol. The van der Waals surface area contributed by atoms with Crippen LogP contribution in [-0.4, -0.2) is 36.5 Å². The van der Waals surface area contributed by atoms with Gasteiger partial charge in [-0.3, -0.25) is 9.36 Å². The molecular weight excluding hydrogens is 552 g/mol. The smallest absolute Gasteiger partial charge is 0.338 e. The second-order valence-electron chi connectivity index (χ2n) is 9.23. The summed E-state index contributed by atoms with van der Waals surface area (Å²) in [6, 6.07) is 10.2. The molecule has 1 aliphatic heterocycles. The van der Waals surface area contributed by atoms with Gasteiger partial charge in [-0.05, 0) is 83.0 Å². The number of fused-ring (bicyclic) bond motifs is 1. The maximum absolute atomic E-state index is 13.9. The molecule has 8 nitrogen and oxygen atoms in total. The van der Waals surface area contributed by atoms with E-state index >= 15 is 0 Å². The van der Waals surface area contributed by atoms with Gasteiger partial charge in [0.15, 0.2) is 16.3 Å². The Labute approximate surface area is 242 Å². The van der Waals surface area contributed by atoms with Crippen molar-refractivity contribution in [1.29, 1.82) is 0 Å². The van der Waals surface area contributed by atoms with E-state index in [4.69, 9.17) is 30.5 Å². The summed E-state index contributed by atoms with van der Waals surface area (Å²) < 4.78 is 24.6. The van der Waals surface area contributed by atoms with Gasteiger partial charge in [-0.25, -0.2) is 9.79 Å². The third-order valence-electron chi connectivity index (χ3n) is 6.01. The number of halogens is 1. The van der Waals surface area contributed by atoms with Crippen LogP contribution in [0.5, 0.6) is 17.2 Å². The van der Waals surface area contributed by atoms with E-state index < -0.39 is 12.0 Å². The fraction of sp³-hybridized carbons (Fsp3) is 0.367. The van der Waals surface area contributed by atoms with Crippen molar-refractivity contribution in [1.82, 2.24) is 4.57 Å². The molecule has 0 radical (unpaired) electrons. The standard InChI is InChI=1S/C30H33ClN2O6S/c1-7-36-21-12-10-20(11-13-21)26-25(29(35)38-9-3)18(6)32-30-33(26)28(34)24(40-30)16-19-14-22(31)27(39-17(4)5)23(15-19)37-8-2/h10-17,26H,7-9H2,1-6H3/b24-16-/t26-/m0/s1. The molecule has 10 heteroatoms. The topological polar surface area (TPSA) is 88.4 Å². The number of nitrogens with zero attached hydrogens (tertiary/aromatic N) is 2. The van der Waals surface area contributed by atoms with Crippen LogP contribution in [-0.2, 0) is 9.53 Å². The lowest BCUT2D eigenvalue weighted by molar-refractivity contribution is -0.139. The summed E-state index contributed by atoms with van der Waals surface area (Å²) in [5.41, 5.74) is 1.96. The summed E-state index contributed by atoms with van der Waals surface area (Å²) in [7, 11) is 0. The van der Waals surface area contributed by atoms with Gasteiger partial charge in [0, 0.05) is 0 Å². The van der Waals surface area contributed by atoms with E-state index in [1.807, 2.05) is 52.0 Å². The maximum atomic E-state index is 13.9. The first kappa shape index (κ1) is 29.4. The summed E-state index contributed by atoms with van der Waals surface area (Å²) in [4.78, 5) is 32.1. The predicted octanol–water partition coefficient (Wildman–Crippen LogP) is 5.04. The minimum absolute atomic E-state index is 0.0920. The lowest BCUT2D eigenvalue weighted by atomic mass is 9.96. The fourth-order valence-electron chi connectivity index (χ4n) is 4.46. The molecule has 0 spiro atoms. The van der Waals surface area contributed by atoms with Gasteiger partial charge in [0.25, 0.3) is 5.56 Å². The van der Waals surface area contributed by atoms with Crippen LogP contribution in [0, 0.1) is 0 Å². The van der Waals surface area contributed by atoms with Crippen LogP contribution in [0.3, 0.4) is 0 Å². The van der Waals surface area contributed by atoms with Crippen LogP contribution in [0.4, 0.5) is 0 Å². The summed E-state index contributed by atoms with van der Waals surface area (Å²) in [6.45, 7) is 12.3. The molecule has 0 N–H and O–H groups in total. The van der Waals surface area contributed by atoms with E-state index in [1.54, 1.807) is 36.6 Å². The molecule has 0 amide bonds. The molecule has 212 valence electrons. The molecule has 0 aliphatic carbocycles. The molecule has 2 heterocycles. The minimum Gasteiger partial charge on any atom is -0.494 e. The number of thiazole rings is 1. The van der Waals surface area contributed by atoms with Crippen molar-refractivity contribution in [2.75, 3.05) is 19.8 Å². The Morgan fingerprint density at radius 2 is 1.80 bits per heavy atom. The molecule has 0 saturated carbocycles. The number of carbonyl (C=O) groups is 1. The number of carbonyl (C=O) groups excluding carboxylic acids is 1. The van der Waals surface area contributed by atoms with Crippen LogP contribution >= 0.6 is 22.9 Å². The zero-order chi connectivity index (χ0) is 29.0. The molecule has 2 aromatic carbocycles. The van der Waals surface area contributed by atoms with Crippen molar-refractivity contribution < 1.29 is 23.7 Å². The Bertz CT molecular complexity index is 1600. The van der Waals surface area contributed by atoms with Crippen molar-refractivity contribution in [2.45, 2.75) is 53.7 Å². The first-order chi connectivity index (χ1) is 19.2. The molecule has 4 rings (SSSR count). The number of hydrogen-bond acceptors (Lipinski definition) is 8. The van der Waals surface area contributed by atoms with Crippen LogP contribution in [0.15, 0.2) is 57.5 Å². The number of aromatic nitrogens is 1. The first-order valence-corrected chi connectivity index (χ1v) is 14.4. The third-order valence-corrected chi connectivity index (χ3v) is 7.27. The second kappa shape index (κ2) is 12.7. The number of esters is 1. The van der Waals surface area contributed by atoms with Crippen LogP contribution < -0.4 is 29.1 Å². The molecule has 1 atom stereocenters. The Balaban J connectivity index is 1.89. The highest BCUT2D eigenvalue weighted by Crippen LogP contribution is 2.38. The van der Waals surface area contributed by atoms with Crippen molar-refractivity contribution >= 4 is 35.0 Å². The number of allylic oxidation sites excluding steroid dienone is 1. The van der Waals surface area contributed by atoms with E-state index in [1.165, 1.54) is 11.3 Å². The van der Waals surface area contributed by atoms with Gasteiger partial charge in [-0.1, -0.05) is 35.1 Å². The third kappa shape index (κ3) is 6.10. The zero-order valence-electron chi connectivity index (χ0n) is 23.4. The fourth-order valence-corrected chi connectivity index (χ4v) is 5.77. The van der Waals surface area contributed by atoms with E-state index in [-0.39, 0.29) is 18.3 Å². The average molecular weight is 585 g/mol. The maximum Gasteiger partial charge on any atom is 0.338 e. The number of rotatable bonds is 10. The summed E-state index contributed by atoms with van der Waals surface area (Å²) >= 11 is 7.81. The highest BCUT2D eigenvalue weighted by molar-refractivity contribution is 7.07. The average Bonchev–Trinajstić information content (AvgIpc) is 3.20. The number of ether oxygens (including phenoxy) is 4. The van der Waals surface area contributed by atoms with E-state index in [0.717, 1.165) is 5.56 Å². The Kier molecular flexibility index (Phi) is 9.37. The molecule has 3 aromatic rings. The molecule has 0 bridgehead atoms. The van der Waals surface area contributed by atoms with Crippen LogP contribution in [0.2, 0.25) is 5.02 Å². The SMILES string of the molecule is CCOC(=O)C1=C(C)N=c2s/c(=C\c3cc(Cl)c(OC(C)C)c(OCC)c3)c(=O)n2[C@H]1c1ccc(OCC)cc1. The van der Waals surface area contributed by atoms with Crippen molar-refractivity contribution in [2.24, 2.45) is 4.99 Å². The normalized spacial score (nSPS) is 15.1. The monoisotopic (exact) mass is 584 g/mol. The first-order valence-electron chi connectivity index (χ1n) is 13.2. The van der Waals surface area contributed by atoms with Gasteiger partial charge < -0.3 is 18.9 Å². The van der Waals surface area contributed by atoms with Gasteiger partial charge in [0.1, 0.15) is 5.75 Å². The van der Waals surface area contributed by atoms with E-state index in [2.05, 4.69) is 4.99 Å². The lowest BCUT2D eigenvalue weighted by Crippen LogP contribution is -2.39. The largest absolute Gasteiger partial charge is 0.494 e.